The molecule has 54 heavy (non-hydrogen) atoms. The van der Waals surface area contributed by atoms with Crippen molar-refractivity contribution in [3.05, 3.63) is 150 Å². The third-order valence-electron chi connectivity index (χ3n) is 11.9. The Kier molecular flexibility index (Phi) is 6.76. The molecule has 9 aromatic rings. The van der Waals surface area contributed by atoms with Crippen molar-refractivity contribution in [1.29, 1.82) is 0 Å². The number of nitrogens with zero attached hydrogens (tertiary/aromatic N) is 1. The van der Waals surface area contributed by atoms with Crippen LogP contribution in [-0.4, -0.2) is 0 Å². The van der Waals surface area contributed by atoms with E-state index in [0.29, 0.717) is 0 Å². The molecular weight excluding hydrogens is 659 g/mol. The first-order chi connectivity index (χ1) is 25.8. The maximum atomic E-state index is 6.77. The molecule has 0 atom stereocenters. The van der Waals surface area contributed by atoms with Crippen molar-refractivity contribution in [2.45, 2.75) is 71.6 Å². The van der Waals surface area contributed by atoms with Gasteiger partial charge in [-0.25, -0.2) is 0 Å². The molecule has 1 aliphatic rings. The number of hydrogen-bond donors (Lipinski definition) is 0. The molecule has 2 aromatic heterocycles. The minimum absolute atomic E-state index is 0.0155. The lowest BCUT2D eigenvalue weighted by molar-refractivity contribution is 0.559. The molecule has 3 heteroatoms. The first kappa shape index (κ1) is 32.8. The monoisotopic (exact) mass is 703 g/mol. The predicted octanol–water partition coefficient (Wildman–Crippen LogP) is 15.0. The van der Waals surface area contributed by atoms with Crippen molar-refractivity contribution in [3.8, 4) is 11.1 Å². The Morgan fingerprint density at radius 3 is 2.04 bits per heavy atom. The van der Waals surface area contributed by atoms with Crippen molar-refractivity contribution < 1.29 is 8.83 Å². The van der Waals surface area contributed by atoms with Crippen LogP contribution in [0.2, 0.25) is 0 Å². The zero-order valence-corrected chi connectivity index (χ0v) is 32.4. The van der Waals surface area contributed by atoms with Crippen molar-refractivity contribution in [2.75, 3.05) is 4.90 Å². The maximum Gasteiger partial charge on any atom is 0.143 e. The molecule has 0 saturated heterocycles. The lowest BCUT2D eigenvalue weighted by atomic mass is 9.79. The SMILES string of the molecule is CC(C)(C)c1cc(C(C)(C)C)c2oc3ccc(N(c4ccc5c(c4)C(C)(C)c4ccccc4-5)c4cccc5oc6c7ccccc7ccc6c45)cc3c2c1. The Hall–Kier alpha value is -5.80. The Balaban J connectivity index is 1.27. The normalized spacial score (nSPS) is 14.1. The summed E-state index contributed by atoms with van der Waals surface area (Å²) in [4.78, 5) is 2.43. The van der Waals surface area contributed by atoms with E-state index in [2.05, 4.69) is 188 Å². The molecule has 0 spiro atoms. The van der Waals surface area contributed by atoms with Crippen LogP contribution >= 0.6 is 0 Å². The highest BCUT2D eigenvalue weighted by atomic mass is 16.3. The molecule has 0 saturated carbocycles. The number of rotatable bonds is 3. The van der Waals surface area contributed by atoms with Crippen LogP contribution in [0, 0.1) is 0 Å². The quantitative estimate of drug-likeness (QED) is 0.183. The Morgan fingerprint density at radius 1 is 0.500 bits per heavy atom. The molecule has 2 heterocycles. The summed E-state index contributed by atoms with van der Waals surface area (Å²) in [6.45, 7) is 18.4. The van der Waals surface area contributed by atoms with E-state index < -0.39 is 0 Å². The average Bonchev–Trinajstić information content (AvgIpc) is 3.79. The van der Waals surface area contributed by atoms with Gasteiger partial charge in [-0.15, -0.1) is 0 Å². The average molecular weight is 704 g/mol. The summed E-state index contributed by atoms with van der Waals surface area (Å²) in [6, 6.07) is 46.7. The zero-order valence-electron chi connectivity index (χ0n) is 32.4. The molecule has 0 aliphatic heterocycles. The van der Waals surface area contributed by atoms with Crippen LogP contribution in [0.15, 0.2) is 136 Å². The van der Waals surface area contributed by atoms with E-state index in [0.717, 1.165) is 66.3 Å². The summed E-state index contributed by atoms with van der Waals surface area (Å²) in [5.41, 5.74) is 14.6. The van der Waals surface area contributed by atoms with Crippen LogP contribution in [0.25, 0.3) is 65.8 Å². The first-order valence-electron chi connectivity index (χ1n) is 19.2. The van der Waals surface area contributed by atoms with E-state index in [9.17, 15) is 0 Å². The van der Waals surface area contributed by atoms with E-state index in [1.807, 2.05) is 0 Å². The van der Waals surface area contributed by atoms with Crippen LogP contribution in [0.5, 0.6) is 0 Å². The van der Waals surface area contributed by atoms with Crippen LogP contribution in [0.3, 0.4) is 0 Å². The Bertz CT molecular complexity index is 2990. The summed E-state index contributed by atoms with van der Waals surface area (Å²) in [5.74, 6) is 0. The van der Waals surface area contributed by atoms with Gasteiger partial charge >= 0.3 is 0 Å². The van der Waals surface area contributed by atoms with E-state index >= 15 is 0 Å². The zero-order chi connectivity index (χ0) is 37.3. The second-order valence-corrected chi connectivity index (χ2v) is 17.8. The molecule has 0 unspecified atom stereocenters. The molecule has 0 radical (unpaired) electrons. The van der Waals surface area contributed by atoms with Crippen LogP contribution in [-0.2, 0) is 16.2 Å². The lowest BCUT2D eigenvalue weighted by Crippen LogP contribution is -2.16. The molecule has 266 valence electrons. The minimum Gasteiger partial charge on any atom is -0.456 e. The highest BCUT2D eigenvalue weighted by Crippen LogP contribution is 2.52. The summed E-state index contributed by atoms with van der Waals surface area (Å²) in [6.07, 6.45) is 0. The molecule has 1 aliphatic carbocycles. The van der Waals surface area contributed by atoms with Gasteiger partial charge in [0.1, 0.15) is 22.3 Å². The lowest BCUT2D eigenvalue weighted by Gasteiger charge is -2.28. The van der Waals surface area contributed by atoms with Crippen LogP contribution in [0.1, 0.15) is 77.6 Å². The van der Waals surface area contributed by atoms with Gasteiger partial charge in [0, 0.05) is 43.9 Å². The molecule has 7 aromatic carbocycles. The Morgan fingerprint density at radius 2 is 1.22 bits per heavy atom. The second-order valence-electron chi connectivity index (χ2n) is 17.8. The van der Waals surface area contributed by atoms with Gasteiger partial charge in [-0.3, -0.25) is 0 Å². The number of fused-ring (bicyclic) bond motifs is 11. The third kappa shape index (κ3) is 4.73. The number of hydrogen-bond acceptors (Lipinski definition) is 3. The highest BCUT2D eigenvalue weighted by Gasteiger charge is 2.36. The van der Waals surface area contributed by atoms with Gasteiger partial charge in [0.2, 0.25) is 0 Å². The van der Waals surface area contributed by atoms with Gasteiger partial charge in [-0.2, -0.15) is 0 Å². The van der Waals surface area contributed by atoms with E-state index in [4.69, 9.17) is 8.83 Å². The van der Waals surface area contributed by atoms with Gasteiger partial charge in [0.25, 0.3) is 0 Å². The number of furan rings is 2. The topological polar surface area (TPSA) is 29.5 Å². The van der Waals surface area contributed by atoms with Gasteiger partial charge < -0.3 is 13.7 Å². The van der Waals surface area contributed by atoms with Gasteiger partial charge in [0.15, 0.2) is 0 Å². The van der Waals surface area contributed by atoms with E-state index in [-0.39, 0.29) is 16.2 Å². The fourth-order valence-electron chi connectivity index (χ4n) is 8.98. The van der Waals surface area contributed by atoms with E-state index in [1.54, 1.807) is 0 Å². The smallest absolute Gasteiger partial charge is 0.143 e. The molecule has 3 nitrogen and oxygen atoms in total. The number of anilines is 3. The second kappa shape index (κ2) is 11.1. The Labute approximate surface area is 316 Å². The molecule has 0 bridgehead atoms. The summed E-state index contributed by atoms with van der Waals surface area (Å²) >= 11 is 0. The fraction of sp³-hybridized carbons (Fsp3) is 0.216. The summed E-state index contributed by atoms with van der Waals surface area (Å²) in [7, 11) is 0. The molecular formula is C51H45NO2. The molecule has 0 amide bonds. The maximum absolute atomic E-state index is 6.77. The van der Waals surface area contributed by atoms with Crippen molar-refractivity contribution in [3.63, 3.8) is 0 Å². The first-order valence-corrected chi connectivity index (χ1v) is 19.2. The largest absolute Gasteiger partial charge is 0.456 e. The molecule has 10 rings (SSSR count). The van der Waals surface area contributed by atoms with Crippen LogP contribution < -0.4 is 4.90 Å². The highest BCUT2D eigenvalue weighted by molar-refractivity contribution is 6.20. The van der Waals surface area contributed by atoms with Crippen molar-refractivity contribution >= 4 is 71.7 Å². The summed E-state index contributed by atoms with van der Waals surface area (Å²) < 4.78 is 13.5. The standard InChI is InChI=1S/C51H45NO2/c1-49(2,3)31-26-39-38-28-32(22-25-44(38)53-48(39)42(27-31)50(4,5)6)52(33-21-24-36-35-16-11-12-17-40(35)51(7,8)41(36)29-33)43-18-13-19-45-46(43)37-23-20-30-14-9-10-15-34(30)47(37)54-45/h9-29H,1-8H3. The van der Waals surface area contributed by atoms with E-state index in [1.165, 1.54) is 38.8 Å². The molecule has 0 N–H and O–H groups in total. The minimum atomic E-state index is -0.141. The fourth-order valence-corrected chi connectivity index (χ4v) is 8.98. The van der Waals surface area contributed by atoms with Gasteiger partial charge in [-0.1, -0.05) is 128 Å². The number of benzene rings is 7. The van der Waals surface area contributed by atoms with Crippen molar-refractivity contribution in [2.24, 2.45) is 0 Å². The van der Waals surface area contributed by atoms with Gasteiger partial charge in [0.05, 0.1) is 11.1 Å². The van der Waals surface area contributed by atoms with Crippen molar-refractivity contribution in [1.82, 2.24) is 0 Å². The van der Waals surface area contributed by atoms with Crippen LogP contribution in [0.4, 0.5) is 17.1 Å². The van der Waals surface area contributed by atoms with Gasteiger partial charge in [-0.05, 0) is 98.6 Å². The molecule has 0 fully saturated rings. The predicted molar refractivity (Wildman–Crippen MR) is 228 cm³/mol. The third-order valence-corrected chi connectivity index (χ3v) is 11.9. The summed E-state index contributed by atoms with van der Waals surface area (Å²) in [5, 5.41) is 6.78.